The summed E-state index contributed by atoms with van der Waals surface area (Å²) in [7, 11) is 0. The Morgan fingerprint density at radius 1 is 1.17 bits per heavy atom. The molecule has 2 aliphatic carbocycles. The highest BCUT2D eigenvalue weighted by Gasteiger charge is 2.76. The molecule has 68 valence electrons. The lowest BCUT2D eigenvalue weighted by Crippen LogP contribution is -1.82. The van der Waals surface area contributed by atoms with Crippen LogP contribution in [0.4, 0.5) is 0 Å². The van der Waals surface area contributed by atoms with Gasteiger partial charge in [0.15, 0.2) is 0 Å². The van der Waals surface area contributed by atoms with Crippen LogP contribution >= 0.6 is 11.8 Å². The summed E-state index contributed by atoms with van der Waals surface area (Å²) in [5.74, 6) is 3.84. The first-order chi connectivity index (χ1) is 5.92. The van der Waals surface area contributed by atoms with Gasteiger partial charge in [-0.2, -0.15) is 11.8 Å². The molecule has 2 saturated heterocycles. The maximum absolute atomic E-state index is 5.41. The molecule has 0 aromatic carbocycles. The summed E-state index contributed by atoms with van der Waals surface area (Å²) in [4.78, 5) is 0. The first-order valence-corrected chi connectivity index (χ1v) is 6.33. The first-order valence-electron chi connectivity index (χ1n) is 5.17. The van der Waals surface area contributed by atoms with E-state index in [-0.39, 0.29) is 0 Å². The zero-order valence-corrected chi connectivity index (χ0v) is 8.24. The maximum Gasteiger partial charge on any atom is 0.0981 e. The van der Waals surface area contributed by atoms with Crippen LogP contribution in [0.1, 0.15) is 32.1 Å². The maximum atomic E-state index is 5.41. The van der Waals surface area contributed by atoms with E-state index in [0.29, 0.717) is 5.60 Å². The van der Waals surface area contributed by atoms with Crippen molar-refractivity contribution >= 4 is 11.8 Å². The van der Waals surface area contributed by atoms with Crippen molar-refractivity contribution in [2.45, 2.75) is 43.8 Å². The van der Waals surface area contributed by atoms with Gasteiger partial charge in [-0.1, -0.05) is 0 Å². The monoisotopic (exact) mass is 184 g/mol. The molecule has 1 nitrogen and oxygen atoms in total. The van der Waals surface area contributed by atoms with E-state index in [1.807, 2.05) is 0 Å². The van der Waals surface area contributed by atoms with Crippen LogP contribution in [0.15, 0.2) is 0 Å². The fraction of sp³-hybridized carbons (Fsp3) is 1.00. The molecule has 2 saturated carbocycles. The van der Waals surface area contributed by atoms with E-state index in [4.69, 9.17) is 4.74 Å². The Morgan fingerprint density at radius 2 is 2.00 bits per heavy atom. The standard InChI is InChI=1S/C6H8O.C4H8S/c1-2-5-6(7-5)3-4(1)6;1-2-4-5-3-1/h4-5H,1-3H2;1-4H2. The van der Waals surface area contributed by atoms with E-state index in [2.05, 4.69) is 11.8 Å². The van der Waals surface area contributed by atoms with Crippen molar-refractivity contribution in [1.29, 1.82) is 0 Å². The van der Waals surface area contributed by atoms with E-state index in [1.165, 1.54) is 43.6 Å². The van der Waals surface area contributed by atoms with Gasteiger partial charge in [0.25, 0.3) is 0 Å². The molecule has 12 heavy (non-hydrogen) atoms. The number of epoxide rings is 1. The predicted octanol–water partition coefficient (Wildman–Crippen LogP) is 2.45. The molecule has 0 radical (unpaired) electrons. The second kappa shape index (κ2) is 2.65. The molecule has 0 amide bonds. The lowest BCUT2D eigenvalue weighted by molar-refractivity contribution is 0.315. The van der Waals surface area contributed by atoms with Crippen molar-refractivity contribution in [3.05, 3.63) is 0 Å². The minimum Gasteiger partial charge on any atom is -0.366 e. The van der Waals surface area contributed by atoms with Crippen LogP contribution in [-0.2, 0) is 4.74 Å². The molecule has 3 atom stereocenters. The second-order valence-electron chi connectivity index (χ2n) is 4.36. The molecule has 0 bridgehead atoms. The van der Waals surface area contributed by atoms with Gasteiger partial charge in [-0.3, -0.25) is 0 Å². The van der Waals surface area contributed by atoms with Crippen molar-refractivity contribution in [3.63, 3.8) is 0 Å². The minimum atomic E-state index is 0.528. The molecule has 2 heteroatoms. The number of hydrogen-bond donors (Lipinski definition) is 0. The van der Waals surface area contributed by atoms with Crippen molar-refractivity contribution in [2.24, 2.45) is 5.92 Å². The van der Waals surface area contributed by atoms with Gasteiger partial charge in [-0.15, -0.1) is 0 Å². The fourth-order valence-electron chi connectivity index (χ4n) is 2.61. The van der Waals surface area contributed by atoms with E-state index in [1.54, 1.807) is 0 Å². The smallest absolute Gasteiger partial charge is 0.0981 e. The molecule has 1 spiro atoms. The summed E-state index contributed by atoms with van der Waals surface area (Å²) in [6.07, 6.45) is 7.89. The van der Waals surface area contributed by atoms with Crippen molar-refractivity contribution in [2.75, 3.05) is 11.5 Å². The van der Waals surface area contributed by atoms with Crippen LogP contribution < -0.4 is 0 Å². The number of ether oxygens (including phenoxy) is 1. The fourth-order valence-corrected chi connectivity index (χ4v) is 3.63. The number of thioether (sulfide) groups is 1. The van der Waals surface area contributed by atoms with Crippen LogP contribution in [0.3, 0.4) is 0 Å². The summed E-state index contributed by atoms with van der Waals surface area (Å²) in [5, 5.41) is 0. The molecule has 0 aromatic rings. The van der Waals surface area contributed by atoms with Gasteiger partial charge in [0.05, 0.1) is 11.7 Å². The molecule has 4 rings (SSSR count). The lowest BCUT2D eigenvalue weighted by atomic mass is 10.2. The zero-order valence-electron chi connectivity index (χ0n) is 7.42. The third-order valence-electron chi connectivity index (χ3n) is 3.55. The average Bonchev–Trinajstić information content (AvgIpc) is 2.83. The van der Waals surface area contributed by atoms with E-state index < -0.39 is 0 Å². The average molecular weight is 184 g/mol. The molecular formula is C10H16OS. The van der Waals surface area contributed by atoms with Gasteiger partial charge in [0.1, 0.15) is 0 Å². The Labute approximate surface area is 78.2 Å². The first kappa shape index (κ1) is 7.69. The SMILES string of the molecule is C1CC2OC23CC13.C1CCSC1. The molecule has 4 aliphatic rings. The lowest BCUT2D eigenvalue weighted by Gasteiger charge is -1.84. The van der Waals surface area contributed by atoms with Crippen LogP contribution in [0, 0.1) is 5.92 Å². The zero-order chi connectivity index (χ0) is 8.02. The highest BCUT2D eigenvalue weighted by molar-refractivity contribution is 7.99. The number of rotatable bonds is 0. The molecule has 0 N–H and O–H groups in total. The highest BCUT2D eigenvalue weighted by atomic mass is 32.2. The summed E-state index contributed by atoms with van der Waals surface area (Å²) < 4.78 is 5.41. The molecule has 4 fully saturated rings. The molecule has 3 unspecified atom stereocenters. The largest absolute Gasteiger partial charge is 0.366 e. The number of hydrogen-bond acceptors (Lipinski definition) is 2. The van der Waals surface area contributed by atoms with Crippen LogP contribution in [0.25, 0.3) is 0 Å². The summed E-state index contributed by atoms with van der Waals surface area (Å²) in [6, 6.07) is 0. The van der Waals surface area contributed by atoms with Crippen molar-refractivity contribution in [3.8, 4) is 0 Å². The Bertz CT molecular complexity index is 161. The molecule has 0 aromatic heterocycles. The van der Waals surface area contributed by atoms with Gasteiger partial charge in [0.2, 0.25) is 0 Å². The molecular weight excluding hydrogens is 168 g/mol. The van der Waals surface area contributed by atoms with Crippen LogP contribution in [-0.4, -0.2) is 23.2 Å². The quantitative estimate of drug-likeness (QED) is 0.536. The van der Waals surface area contributed by atoms with Crippen LogP contribution in [0.2, 0.25) is 0 Å². The normalized spacial score (nSPS) is 52.0. The van der Waals surface area contributed by atoms with Gasteiger partial charge in [0, 0.05) is 0 Å². The third kappa shape index (κ3) is 1.12. The summed E-state index contributed by atoms with van der Waals surface area (Å²) >= 11 is 2.07. The van der Waals surface area contributed by atoms with Crippen LogP contribution in [0.5, 0.6) is 0 Å². The second-order valence-corrected chi connectivity index (χ2v) is 5.58. The molecule has 2 heterocycles. The van der Waals surface area contributed by atoms with Gasteiger partial charge < -0.3 is 4.74 Å². The van der Waals surface area contributed by atoms with E-state index in [9.17, 15) is 0 Å². The van der Waals surface area contributed by atoms with E-state index in [0.717, 1.165) is 12.0 Å². The minimum absolute atomic E-state index is 0.528. The molecule has 2 aliphatic heterocycles. The Hall–Kier alpha value is 0.310. The third-order valence-corrected chi connectivity index (χ3v) is 4.71. The predicted molar refractivity (Wildman–Crippen MR) is 51.5 cm³/mol. The Kier molecular flexibility index (Phi) is 1.70. The summed E-state index contributed by atoms with van der Waals surface area (Å²) in [6.45, 7) is 0. The summed E-state index contributed by atoms with van der Waals surface area (Å²) in [5.41, 5.74) is 0.528. The van der Waals surface area contributed by atoms with Gasteiger partial charge in [-0.05, 0) is 49.5 Å². The topological polar surface area (TPSA) is 12.5 Å². The Morgan fingerprint density at radius 3 is 2.17 bits per heavy atom. The van der Waals surface area contributed by atoms with Gasteiger partial charge in [-0.25, -0.2) is 0 Å². The van der Waals surface area contributed by atoms with Gasteiger partial charge >= 0.3 is 0 Å². The highest BCUT2D eigenvalue weighted by Crippen LogP contribution is 2.70. The van der Waals surface area contributed by atoms with Crippen molar-refractivity contribution < 1.29 is 4.74 Å². The van der Waals surface area contributed by atoms with Crippen molar-refractivity contribution in [1.82, 2.24) is 0 Å². The van der Waals surface area contributed by atoms with E-state index >= 15 is 0 Å². The Balaban J connectivity index is 0.0000000880.